The molecule has 0 fully saturated rings. The summed E-state index contributed by atoms with van der Waals surface area (Å²) in [5, 5.41) is 20.2. The zero-order valence-electron chi connectivity index (χ0n) is 8.60. The average Bonchev–Trinajstić information content (AvgIpc) is 2.15. The molecule has 0 saturated heterocycles. The van der Waals surface area contributed by atoms with E-state index in [1.807, 2.05) is 0 Å². The molecule has 1 rings (SSSR count). The van der Waals surface area contributed by atoms with Crippen molar-refractivity contribution in [2.75, 3.05) is 0 Å². The molecule has 0 heterocycles. The lowest BCUT2D eigenvalue weighted by atomic mass is 10.2. The van der Waals surface area contributed by atoms with E-state index in [4.69, 9.17) is 5.11 Å². The predicted molar refractivity (Wildman–Crippen MR) is 57.5 cm³/mol. The smallest absolute Gasteiger partial charge is 0.352 e. The molecule has 0 saturated carbocycles. The lowest BCUT2D eigenvalue weighted by Gasteiger charge is -2.03. The Morgan fingerprint density at radius 3 is 2.56 bits per heavy atom. The predicted octanol–water partition coefficient (Wildman–Crippen LogP) is 0.954. The molecule has 0 bridgehead atoms. The van der Waals surface area contributed by atoms with Crippen LogP contribution < -0.4 is 5.32 Å². The summed E-state index contributed by atoms with van der Waals surface area (Å²) in [5.41, 5.74) is 0.254. The van der Waals surface area contributed by atoms with Crippen molar-refractivity contribution in [2.45, 2.75) is 6.92 Å². The molecule has 3 N–H and O–H groups in total. The number of carboxylic acids is 1. The van der Waals surface area contributed by atoms with Crippen LogP contribution in [0.2, 0.25) is 0 Å². The van der Waals surface area contributed by atoms with Gasteiger partial charge in [-0.2, -0.15) is 0 Å². The van der Waals surface area contributed by atoms with Gasteiger partial charge in [-0.15, -0.1) is 0 Å². The highest BCUT2D eigenvalue weighted by Gasteiger charge is 2.08. The Morgan fingerprint density at radius 1 is 1.38 bits per heavy atom. The fourth-order valence-electron chi connectivity index (χ4n) is 1.12. The van der Waals surface area contributed by atoms with Gasteiger partial charge in [-0.25, -0.2) is 4.79 Å². The molecular weight excluding hydrogens is 210 g/mol. The van der Waals surface area contributed by atoms with Crippen molar-refractivity contribution < 1.29 is 19.8 Å². The molecule has 84 valence electrons. The van der Waals surface area contributed by atoms with E-state index in [1.165, 1.54) is 25.1 Å². The number of carbonyl (C=O) groups excluding carboxylic acids is 1. The van der Waals surface area contributed by atoms with Crippen LogP contribution in [0.1, 0.15) is 12.5 Å². The van der Waals surface area contributed by atoms with Crippen LogP contribution in [-0.2, 0) is 9.59 Å². The second-order valence-electron chi connectivity index (χ2n) is 3.14. The van der Waals surface area contributed by atoms with Gasteiger partial charge in [-0.05, 0) is 23.8 Å². The number of hydrogen-bond donors (Lipinski definition) is 3. The number of phenolic OH excluding ortho intramolecular Hbond substituents is 1. The van der Waals surface area contributed by atoms with Crippen LogP contribution in [0.4, 0.5) is 0 Å². The number of rotatable bonds is 3. The van der Waals surface area contributed by atoms with Gasteiger partial charge >= 0.3 is 5.97 Å². The van der Waals surface area contributed by atoms with Gasteiger partial charge in [0.25, 0.3) is 0 Å². The van der Waals surface area contributed by atoms with Crippen LogP contribution in [0, 0.1) is 0 Å². The van der Waals surface area contributed by atoms with E-state index in [1.54, 1.807) is 12.1 Å². The highest BCUT2D eigenvalue weighted by atomic mass is 16.4. The summed E-state index contributed by atoms with van der Waals surface area (Å²) in [7, 11) is 0. The molecule has 0 aliphatic rings. The molecule has 0 spiro atoms. The number of amides is 1. The molecule has 5 heteroatoms. The molecule has 1 amide bonds. The van der Waals surface area contributed by atoms with Gasteiger partial charge in [0.15, 0.2) is 0 Å². The van der Waals surface area contributed by atoms with E-state index in [0.29, 0.717) is 5.56 Å². The zero-order chi connectivity index (χ0) is 12.1. The molecule has 5 nitrogen and oxygen atoms in total. The highest BCUT2D eigenvalue weighted by Crippen LogP contribution is 2.13. The fourth-order valence-corrected chi connectivity index (χ4v) is 1.12. The lowest BCUT2D eigenvalue weighted by Crippen LogP contribution is -2.24. The van der Waals surface area contributed by atoms with Gasteiger partial charge in [-0.1, -0.05) is 12.1 Å². The van der Waals surface area contributed by atoms with Crippen LogP contribution in [0.25, 0.3) is 6.08 Å². The monoisotopic (exact) mass is 221 g/mol. The number of aromatic hydroxyl groups is 1. The normalized spacial score (nSPS) is 10.9. The van der Waals surface area contributed by atoms with Gasteiger partial charge in [-0.3, -0.25) is 4.79 Å². The first kappa shape index (κ1) is 11.8. The van der Waals surface area contributed by atoms with E-state index < -0.39 is 11.9 Å². The Balaban J connectivity index is 3.02. The van der Waals surface area contributed by atoms with Crippen LogP contribution >= 0.6 is 0 Å². The first-order chi connectivity index (χ1) is 7.49. The fraction of sp³-hybridized carbons (Fsp3) is 0.0909. The van der Waals surface area contributed by atoms with Crippen molar-refractivity contribution in [1.29, 1.82) is 0 Å². The van der Waals surface area contributed by atoms with Crippen LogP contribution in [0.15, 0.2) is 30.0 Å². The SMILES string of the molecule is CC(=O)NC(=Cc1cccc(O)c1)C(=O)O. The minimum Gasteiger partial charge on any atom is -0.508 e. The Kier molecular flexibility index (Phi) is 3.66. The molecule has 0 atom stereocenters. The van der Waals surface area contributed by atoms with E-state index in [0.717, 1.165) is 0 Å². The Hall–Kier alpha value is -2.30. The molecule has 1 aromatic carbocycles. The Morgan fingerprint density at radius 2 is 2.06 bits per heavy atom. The number of benzene rings is 1. The van der Waals surface area contributed by atoms with Crippen LogP contribution in [0.3, 0.4) is 0 Å². The van der Waals surface area contributed by atoms with Gasteiger partial charge in [0.05, 0.1) is 0 Å². The van der Waals surface area contributed by atoms with E-state index in [9.17, 15) is 14.7 Å². The van der Waals surface area contributed by atoms with Crippen molar-refractivity contribution >= 4 is 18.0 Å². The van der Waals surface area contributed by atoms with E-state index >= 15 is 0 Å². The summed E-state index contributed by atoms with van der Waals surface area (Å²) in [4.78, 5) is 21.5. The first-order valence-corrected chi connectivity index (χ1v) is 4.50. The third kappa shape index (κ3) is 3.45. The summed E-state index contributed by atoms with van der Waals surface area (Å²) < 4.78 is 0. The minimum absolute atomic E-state index is 0.0290. The lowest BCUT2D eigenvalue weighted by molar-refractivity contribution is -0.134. The van der Waals surface area contributed by atoms with Gasteiger partial charge in [0.2, 0.25) is 5.91 Å². The van der Waals surface area contributed by atoms with E-state index in [-0.39, 0.29) is 11.4 Å². The molecule has 0 aliphatic carbocycles. The van der Waals surface area contributed by atoms with Gasteiger partial charge in [0, 0.05) is 6.92 Å². The Labute approximate surface area is 92.0 Å². The number of aliphatic carboxylic acids is 1. The standard InChI is InChI=1S/C11H11NO4/c1-7(13)12-10(11(15)16)6-8-3-2-4-9(14)5-8/h2-6,14H,1H3,(H,12,13)(H,15,16). The maximum absolute atomic E-state index is 10.8. The summed E-state index contributed by atoms with van der Waals surface area (Å²) >= 11 is 0. The number of nitrogens with one attached hydrogen (secondary N) is 1. The zero-order valence-corrected chi connectivity index (χ0v) is 8.60. The van der Waals surface area contributed by atoms with Crippen molar-refractivity contribution in [3.8, 4) is 5.75 Å². The average molecular weight is 221 g/mol. The second-order valence-corrected chi connectivity index (χ2v) is 3.14. The summed E-state index contributed by atoms with van der Waals surface area (Å²) in [6.07, 6.45) is 1.27. The highest BCUT2D eigenvalue weighted by molar-refractivity contribution is 5.96. The molecule has 0 radical (unpaired) electrons. The third-order valence-corrected chi connectivity index (χ3v) is 1.72. The van der Waals surface area contributed by atoms with Gasteiger partial charge < -0.3 is 15.5 Å². The molecule has 0 aliphatic heterocycles. The largest absolute Gasteiger partial charge is 0.508 e. The third-order valence-electron chi connectivity index (χ3n) is 1.72. The van der Waals surface area contributed by atoms with E-state index in [2.05, 4.69) is 5.32 Å². The first-order valence-electron chi connectivity index (χ1n) is 4.50. The Bertz CT molecular complexity index is 451. The summed E-state index contributed by atoms with van der Waals surface area (Å²) in [6, 6.07) is 6.06. The van der Waals surface area contributed by atoms with Crippen molar-refractivity contribution in [1.82, 2.24) is 5.32 Å². The molecular formula is C11H11NO4. The van der Waals surface area contributed by atoms with Gasteiger partial charge in [0.1, 0.15) is 11.4 Å². The molecule has 0 aromatic heterocycles. The van der Waals surface area contributed by atoms with Crippen LogP contribution in [-0.4, -0.2) is 22.1 Å². The molecule has 1 aromatic rings. The number of carbonyl (C=O) groups is 2. The quantitative estimate of drug-likeness (QED) is 0.663. The van der Waals surface area contributed by atoms with Crippen molar-refractivity contribution in [3.05, 3.63) is 35.5 Å². The second kappa shape index (κ2) is 4.97. The number of hydrogen-bond acceptors (Lipinski definition) is 3. The maximum Gasteiger partial charge on any atom is 0.352 e. The maximum atomic E-state index is 10.8. The number of phenols is 1. The van der Waals surface area contributed by atoms with Crippen molar-refractivity contribution in [3.63, 3.8) is 0 Å². The topological polar surface area (TPSA) is 86.6 Å². The summed E-state index contributed by atoms with van der Waals surface area (Å²) in [5.74, 6) is -1.67. The minimum atomic E-state index is -1.24. The summed E-state index contributed by atoms with van der Waals surface area (Å²) in [6.45, 7) is 1.22. The van der Waals surface area contributed by atoms with Crippen molar-refractivity contribution in [2.24, 2.45) is 0 Å². The number of carboxylic acid groups (broad SMARTS) is 1. The van der Waals surface area contributed by atoms with Crippen LogP contribution in [0.5, 0.6) is 5.75 Å². The molecule has 16 heavy (non-hydrogen) atoms. The molecule has 0 unspecified atom stereocenters.